The molecule has 0 spiro atoms. The van der Waals surface area contributed by atoms with Gasteiger partial charge in [-0.3, -0.25) is 0 Å². The lowest BCUT2D eigenvalue weighted by atomic mass is 9.86. The summed E-state index contributed by atoms with van der Waals surface area (Å²) in [4.78, 5) is 5.16. The molecule has 0 aromatic carbocycles. The molecule has 2 atom stereocenters. The van der Waals surface area contributed by atoms with Gasteiger partial charge in [0, 0.05) is 12.1 Å². The maximum absolute atomic E-state index is 2.65. The summed E-state index contributed by atoms with van der Waals surface area (Å²) in [5.74, 6) is 1.03. The Bertz CT molecular complexity index is 235. The van der Waals surface area contributed by atoms with Gasteiger partial charge in [-0.05, 0) is 59.3 Å². The Balaban J connectivity index is 1.69. The second kappa shape index (κ2) is 6.91. The van der Waals surface area contributed by atoms with Crippen LogP contribution in [0.5, 0.6) is 0 Å². The third-order valence-electron chi connectivity index (χ3n) is 5.42. The lowest BCUT2D eigenvalue weighted by Gasteiger charge is -2.39. The molecule has 2 aliphatic rings. The average Bonchev–Trinajstić information content (AvgIpc) is 2.40. The quantitative estimate of drug-likeness (QED) is 0.757. The van der Waals surface area contributed by atoms with Crippen LogP contribution in [0, 0.1) is 5.92 Å². The Labute approximate surface area is 114 Å². The highest BCUT2D eigenvalue weighted by Gasteiger charge is 2.25. The van der Waals surface area contributed by atoms with E-state index in [4.69, 9.17) is 0 Å². The van der Waals surface area contributed by atoms with Crippen molar-refractivity contribution in [2.45, 2.75) is 70.4 Å². The Hall–Kier alpha value is -0.0800. The minimum absolute atomic E-state index is 0.765. The normalized spacial score (nSPS) is 32.0. The highest BCUT2D eigenvalue weighted by atomic mass is 15.2. The monoisotopic (exact) mass is 252 g/mol. The largest absolute Gasteiger partial charge is 0.304 e. The van der Waals surface area contributed by atoms with Crippen LogP contribution in [-0.2, 0) is 0 Å². The van der Waals surface area contributed by atoms with Crippen molar-refractivity contribution in [3.05, 3.63) is 0 Å². The van der Waals surface area contributed by atoms with Crippen LogP contribution in [0.15, 0.2) is 0 Å². The molecule has 2 unspecified atom stereocenters. The summed E-state index contributed by atoms with van der Waals surface area (Å²) in [6.45, 7) is 4.98. The van der Waals surface area contributed by atoms with Gasteiger partial charge in [-0.25, -0.2) is 0 Å². The molecule has 0 N–H and O–H groups in total. The van der Waals surface area contributed by atoms with Gasteiger partial charge in [0.1, 0.15) is 0 Å². The predicted octanol–water partition coefficient (Wildman–Crippen LogP) is 3.37. The smallest absolute Gasteiger partial charge is 0.0119 e. The van der Waals surface area contributed by atoms with Crippen LogP contribution in [0.3, 0.4) is 0 Å². The number of piperidine rings is 1. The zero-order valence-electron chi connectivity index (χ0n) is 12.7. The van der Waals surface area contributed by atoms with E-state index in [0.29, 0.717) is 0 Å². The number of hydrogen-bond acceptors (Lipinski definition) is 2. The third-order valence-corrected chi connectivity index (χ3v) is 5.42. The summed E-state index contributed by atoms with van der Waals surface area (Å²) in [5.41, 5.74) is 0. The number of likely N-dealkylation sites (tertiary alicyclic amines) is 1. The van der Waals surface area contributed by atoms with Gasteiger partial charge in [0.25, 0.3) is 0 Å². The lowest BCUT2D eigenvalue weighted by molar-refractivity contribution is 0.0992. The molecule has 2 heteroatoms. The van der Waals surface area contributed by atoms with Gasteiger partial charge in [0.15, 0.2) is 0 Å². The predicted molar refractivity (Wildman–Crippen MR) is 78.9 cm³/mol. The first kappa shape index (κ1) is 14.3. The maximum Gasteiger partial charge on any atom is 0.0119 e. The van der Waals surface area contributed by atoms with Crippen LogP contribution in [0.2, 0.25) is 0 Å². The standard InChI is InChI=1S/C16H32N2/c1-14-13-16(10-12-17(14)2)18(3)11-9-15-7-5-4-6-8-15/h14-16H,4-13H2,1-3H3. The first-order chi connectivity index (χ1) is 8.66. The van der Waals surface area contributed by atoms with Gasteiger partial charge < -0.3 is 9.80 Å². The molecule has 18 heavy (non-hydrogen) atoms. The number of hydrogen-bond donors (Lipinski definition) is 0. The van der Waals surface area contributed by atoms with Crippen molar-refractivity contribution < 1.29 is 0 Å². The van der Waals surface area contributed by atoms with Gasteiger partial charge in [0.2, 0.25) is 0 Å². The van der Waals surface area contributed by atoms with Crippen LogP contribution in [-0.4, -0.2) is 49.1 Å². The summed E-state index contributed by atoms with van der Waals surface area (Å²) in [5, 5.41) is 0. The van der Waals surface area contributed by atoms with Crippen molar-refractivity contribution in [2.75, 3.05) is 27.2 Å². The Morgan fingerprint density at radius 1 is 1.11 bits per heavy atom. The van der Waals surface area contributed by atoms with Crippen LogP contribution in [0.25, 0.3) is 0 Å². The van der Waals surface area contributed by atoms with Crippen molar-refractivity contribution in [1.29, 1.82) is 0 Å². The summed E-state index contributed by atoms with van der Waals surface area (Å²) in [6, 6.07) is 1.60. The third kappa shape index (κ3) is 3.96. The van der Waals surface area contributed by atoms with Gasteiger partial charge in [0.05, 0.1) is 0 Å². The maximum atomic E-state index is 2.65. The van der Waals surface area contributed by atoms with Crippen LogP contribution in [0.1, 0.15) is 58.3 Å². The van der Waals surface area contributed by atoms with E-state index in [1.165, 1.54) is 64.5 Å². The molecule has 0 aromatic heterocycles. The van der Waals surface area contributed by atoms with Crippen LogP contribution >= 0.6 is 0 Å². The molecular formula is C16H32N2. The summed E-state index contributed by atoms with van der Waals surface area (Å²) in [7, 11) is 4.62. The molecule has 1 aliphatic carbocycles. The van der Waals surface area contributed by atoms with Gasteiger partial charge in [-0.2, -0.15) is 0 Å². The van der Waals surface area contributed by atoms with Gasteiger partial charge in [-0.15, -0.1) is 0 Å². The molecule has 1 saturated carbocycles. The van der Waals surface area contributed by atoms with E-state index in [1.54, 1.807) is 0 Å². The topological polar surface area (TPSA) is 6.48 Å². The molecule has 0 radical (unpaired) electrons. The fourth-order valence-corrected chi connectivity index (χ4v) is 3.71. The fraction of sp³-hybridized carbons (Fsp3) is 1.00. The van der Waals surface area contributed by atoms with Crippen molar-refractivity contribution in [3.8, 4) is 0 Å². The zero-order chi connectivity index (χ0) is 13.0. The van der Waals surface area contributed by atoms with Crippen LogP contribution in [0.4, 0.5) is 0 Å². The van der Waals surface area contributed by atoms with Crippen LogP contribution < -0.4 is 0 Å². The van der Waals surface area contributed by atoms with Crippen molar-refractivity contribution >= 4 is 0 Å². The highest BCUT2D eigenvalue weighted by molar-refractivity contribution is 4.82. The highest BCUT2D eigenvalue weighted by Crippen LogP contribution is 2.27. The molecule has 2 rings (SSSR count). The second-order valence-corrected chi connectivity index (χ2v) is 6.78. The average molecular weight is 252 g/mol. The Morgan fingerprint density at radius 3 is 2.50 bits per heavy atom. The summed E-state index contributed by atoms with van der Waals surface area (Å²) in [6.07, 6.45) is 11.6. The van der Waals surface area contributed by atoms with Gasteiger partial charge in [-0.1, -0.05) is 32.1 Å². The summed E-state index contributed by atoms with van der Waals surface area (Å²) < 4.78 is 0. The lowest BCUT2D eigenvalue weighted by Crippen LogP contribution is -2.46. The first-order valence-electron chi connectivity index (χ1n) is 8.07. The molecular weight excluding hydrogens is 220 g/mol. The summed E-state index contributed by atoms with van der Waals surface area (Å²) >= 11 is 0. The Morgan fingerprint density at radius 2 is 1.83 bits per heavy atom. The molecule has 0 amide bonds. The Kier molecular flexibility index (Phi) is 5.50. The van der Waals surface area contributed by atoms with E-state index in [-0.39, 0.29) is 0 Å². The number of nitrogens with zero attached hydrogens (tertiary/aromatic N) is 2. The second-order valence-electron chi connectivity index (χ2n) is 6.78. The first-order valence-corrected chi connectivity index (χ1v) is 8.07. The molecule has 106 valence electrons. The molecule has 2 nitrogen and oxygen atoms in total. The van der Waals surface area contributed by atoms with Crippen molar-refractivity contribution in [1.82, 2.24) is 9.80 Å². The van der Waals surface area contributed by atoms with Crippen molar-refractivity contribution in [2.24, 2.45) is 5.92 Å². The SMILES string of the molecule is CC1CC(N(C)CCC2CCCCC2)CCN1C. The van der Waals surface area contributed by atoms with E-state index in [1.807, 2.05) is 0 Å². The van der Waals surface area contributed by atoms with Gasteiger partial charge >= 0.3 is 0 Å². The molecule has 0 bridgehead atoms. The molecule has 1 aliphatic heterocycles. The zero-order valence-corrected chi connectivity index (χ0v) is 12.7. The molecule has 1 heterocycles. The van der Waals surface area contributed by atoms with E-state index in [2.05, 4.69) is 30.8 Å². The molecule has 0 aromatic rings. The van der Waals surface area contributed by atoms with Crippen molar-refractivity contribution in [3.63, 3.8) is 0 Å². The minimum atomic E-state index is 0.765. The molecule has 2 fully saturated rings. The fourth-order valence-electron chi connectivity index (χ4n) is 3.71. The van der Waals surface area contributed by atoms with E-state index in [9.17, 15) is 0 Å². The van der Waals surface area contributed by atoms with E-state index < -0.39 is 0 Å². The number of rotatable bonds is 4. The van der Waals surface area contributed by atoms with E-state index >= 15 is 0 Å². The minimum Gasteiger partial charge on any atom is -0.304 e. The molecule has 1 saturated heterocycles. The van der Waals surface area contributed by atoms with E-state index in [0.717, 1.165) is 18.0 Å².